The molecule has 5 nitrogen and oxygen atoms in total. The number of halogens is 1. The summed E-state index contributed by atoms with van der Waals surface area (Å²) in [6.45, 7) is 4.28. The minimum atomic E-state index is -0.394. The van der Waals surface area contributed by atoms with E-state index in [1.54, 1.807) is 30.9 Å². The van der Waals surface area contributed by atoms with Gasteiger partial charge in [0.25, 0.3) is 0 Å². The fourth-order valence-corrected chi connectivity index (χ4v) is 2.92. The van der Waals surface area contributed by atoms with Crippen LogP contribution in [0.4, 0.5) is 20.6 Å². The van der Waals surface area contributed by atoms with Crippen LogP contribution in [0.2, 0.25) is 0 Å². The van der Waals surface area contributed by atoms with Crippen LogP contribution in [0, 0.1) is 12.7 Å². The van der Waals surface area contributed by atoms with Crippen molar-refractivity contribution in [1.82, 2.24) is 5.32 Å². The number of amides is 3. The second-order valence-electron chi connectivity index (χ2n) is 6.16. The van der Waals surface area contributed by atoms with E-state index in [-0.39, 0.29) is 11.7 Å². The molecule has 25 heavy (non-hydrogen) atoms. The molecule has 0 spiro atoms. The summed E-state index contributed by atoms with van der Waals surface area (Å²) >= 11 is 0. The zero-order chi connectivity index (χ0) is 18.0. The second-order valence-corrected chi connectivity index (χ2v) is 6.16. The highest BCUT2D eigenvalue weighted by Gasteiger charge is 2.22. The summed E-state index contributed by atoms with van der Waals surface area (Å²) in [6.07, 6.45) is 0.817. The molecule has 3 amide bonds. The molecule has 0 aliphatic carbocycles. The Labute approximate surface area is 145 Å². The Morgan fingerprint density at radius 1 is 1.20 bits per heavy atom. The number of hydrogen-bond donors (Lipinski definition) is 2. The van der Waals surface area contributed by atoms with Gasteiger partial charge in [0.05, 0.1) is 0 Å². The Balaban J connectivity index is 1.59. The van der Waals surface area contributed by atoms with E-state index in [9.17, 15) is 14.0 Å². The molecule has 0 saturated carbocycles. The van der Waals surface area contributed by atoms with Gasteiger partial charge in [-0.2, -0.15) is 0 Å². The van der Waals surface area contributed by atoms with Crippen molar-refractivity contribution < 1.29 is 14.0 Å². The molecule has 130 valence electrons. The molecule has 3 rings (SSSR count). The van der Waals surface area contributed by atoms with Crippen molar-refractivity contribution in [3.8, 4) is 0 Å². The van der Waals surface area contributed by atoms with Crippen LogP contribution in [0.15, 0.2) is 36.4 Å². The van der Waals surface area contributed by atoms with Crippen LogP contribution < -0.4 is 15.5 Å². The third-order valence-corrected chi connectivity index (χ3v) is 4.30. The SMILES string of the molecule is CC(=O)N1CCc2cc(CNC(=O)Nc3ccc(C)c(F)c3)ccc21. The average molecular weight is 341 g/mol. The number of anilines is 2. The van der Waals surface area contributed by atoms with Crippen LogP contribution in [0.3, 0.4) is 0 Å². The monoisotopic (exact) mass is 341 g/mol. The lowest BCUT2D eigenvalue weighted by Gasteiger charge is -2.15. The quantitative estimate of drug-likeness (QED) is 0.899. The Bertz CT molecular complexity index is 835. The number of nitrogens with one attached hydrogen (secondary N) is 2. The van der Waals surface area contributed by atoms with Crippen LogP contribution in [0.1, 0.15) is 23.6 Å². The molecule has 0 fully saturated rings. The Morgan fingerprint density at radius 3 is 2.72 bits per heavy atom. The summed E-state index contributed by atoms with van der Waals surface area (Å²) in [5.41, 5.74) is 3.94. The number of rotatable bonds is 3. The Morgan fingerprint density at radius 2 is 2.00 bits per heavy atom. The van der Waals surface area contributed by atoms with E-state index in [2.05, 4.69) is 10.6 Å². The standard InChI is InChI=1S/C19H20FN3O2/c1-12-3-5-16(10-17(12)20)22-19(25)21-11-14-4-6-18-15(9-14)7-8-23(18)13(2)24/h3-6,9-10H,7-8,11H2,1-2H3,(H2,21,22,25). The molecule has 0 saturated heterocycles. The number of benzene rings is 2. The average Bonchev–Trinajstić information content (AvgIpc) is 3.00. The highest BCUT2D eigenvalue weighted by molar-refractivity contribution is 5.93. The van der Waals surface area contributed by atoms with Crippen LogP contribution >= 0.6 is 0 Å². The van der Waals surface area contributed by atoms with E-state index < -0.39 is 6.03 Å². The highest BCUT2D eigenvalue weighted by atomic mass is 19.1. The second kappa shape index (κ2) is 6.93. The van der Waals surface area contributed by atoms with Gasteiger partial charge in [0, 0.05) is 31.4 Å². The fourth-order valence-electron chi connectivity index (χ4n) is 2.92. The number of carbonyl (C=O) groups excluding carboxylic acids is 2. The van der Waals surface area contributed by atoms with Crippen LogP contribution in [0.5, 0.6) is 0 Å². The lowest BCUT2D eigenvalue weighted by molar-refractivity contribution is -0.116. The van der Waals surface area contributed by atoms with Gasteiger partial charge in [-0.05, 0) is 48.2 Å². The third-order valence-electron chi connectivity index (χ3n) is 4.30. The molecule has 0 bridgehead atoms. The molecule has 6 heteroatoms. The van der Waals surface area contributed by atoms with E-state index in [1.165, 1.54) is 6.07 Å². The number of aryl methyl sites for hydroxylation is 1. The van der Waals surface area contributed by atoms with Crippen LogP contribution in [0.25, 0.3) is 0 Å². The Kier molecular flexibility index (Phi) is 4.70. The molecule has 2 aromatic rings. The van der Waals surface area contributed by atoms with Gasteiger partial charge < -0.3 is 15.5 Å². The van der Waals surface area contributed by atoms with E-state index in [0.29, 0.717) is 24.3 Å². The maximum absolute atomic E-state index is 13.5. The predicted molar refractivity (Wildman–Crippen MR) is 95.2 cm³/mol. The molecular formula is C19H20FN3O2. The van der Waals surface area contributed by atoms with E-state index >= 15 is 0 Å². The van der Waals surface area contributed by atoms with Gasteiger partial charge in [0.15, 0.2) is 0 Å². The summed E-state index contributed by atoms with van der Waals surface area (Å²) in [5, 5.41) is 5.37. The number of urea groups is 1. The van der Waals surface area contributed by atoms with Crippen molar-refractivity contribution >= 4 is 23.3 Å². The van der Waals surface area contributed by atoms with Crippen molar-refractivity contribution in [2.24, 2.45) is 0 Å². The van der Waals surface area contributed by atoms with Gasteiger partial charge in [-0.15, -0.1) is 0 Å². The lowest BCUT2D eigenvalue weighted by atomic mass is 10.1. The molecule has 1 aliphatic rings. The molecule has 2 aromatic carbocycles. The first-order valence-corrected chi connectivity index (χ1v) is 8.15. The van der Waals surface area contributed by atoms with Crippen LogP contribution in [-0.2, 0) is 17.8 Å². The first-order chi connectivity index (χ1) is 11.9. The summed E-state index contributed by atoms with van der Waals surface area (Å²) < 4.78 is 13.5. The molecular weight excluding hydrogens is 321 g/mol. The van der Waals surface area contributed by atoms with Gasteiger partial charge in [-0.3, -0.25) is 4.79 Å². The van der Waals surface area contributed by atoms with Crippen molar-refractivity contribution in [2.45, 2.75) is 26.8 Å². The zero-order valence-electron chi connectivity index (χ0n) is 14.2. The van der Waals surface area contributed by atoms with Crippen molar-refractivity contribution in [1.29, 1.82) is 0 Å². The van der Waals surface area contributed by atoms with E-state index in [4.69, 9.17) is 0 Å². The molecule has 1 aliphatic heterocycles. The molecule has 1 heterocycles. The molecule has 2 N–H and O–H groups in total. The van der Waals surface area contributed by atoms with Gasteiger partial charge >= 0.3 is 6.03 Å². The normalized spacial score (nSPS) is 12.7. The van der Waals surface area contributed by atoms with Crippen molar-refractivity contribution in [2.75, 3.05) is 16.8 Å². The predicted octanol–water partition coefficient (Wildman–Crippen LogP) is 3.36. The summed E-state index contributed by atoms with van der Waals surface area (Å²) in [5.74, 6) is -0.319. The Hall–Kier alpha value is -2.89. The molecule has 0 radical (unpaired) electrons. The summed E-state index contributed by atoms with van der Waals surface area (Å²) in [7, 11) is 0. The fraction of sp³-hybridized carbons (Fsp3) is 0.263. The van der Waals surface area contributed by atoms with Crippen molar-refractivity contribution in [3.05, 3.63) is 58.9 Å². The van der Waals surface area contributed by atoms with Gasteiger partial charge in [-0.25, -0.2) is 9.18 Å². The first-order valence-electron chi connectivity index (χ1n) is 8.15. The largest absolute Gasteiger partial charge is 0.334 e. The maximum atomic E-state index is 13.5. The smallest absolute Gasteiger partial charge is 0.319 e. The van der Waals surface area contributed by atoms with Gasteiger partial charge in [0.1, 0.15) is 5.82 Å². The van der Waals surface area contributed by atoms with E-state index in [0.717, 1.165) is 23.2 Å². The summed E-state index contributed by atoms with van der Waals surface area (Å²) in [4.78, 5) is 25.3. The lowest BCUT2D eigenvalue weighted by Crippen LogP contribution is -2.28. The maximum Gasteiger partial charge on any atom is 0.319 e. The van der Waals surface area contributed by atoms with Gasteiger partial charge in [0.2, 0.25) is 5.91 Å². The number of nitrogens with zero attached hydrogens (tertiary/aromatic N) is 1. The zero-order valence-corrected chi connectivity index (χ0v) is 14.2. The third kappa shape index (κ3) is 3.79. The number of hydrogen-bond acceptors (Lipinski definition) is 2. The minimum absolute atomic E-state index is 0.0364. The summed E-state index contributed by atoms with van der Waals surface area (Å²) in [6, 6.07) is 9.98. The van der Waals surface area contributed by atoms with Gasteiger partial charge in [-0.1, -0.05) is 18.2 Å². The highest BCUT2D eigenvalue weighted by Crippen LogP contribution is 2.28. The number of carbonyl (C=O) groups is 2. The molecule has 0 aromatic heterocycles. The van der Waals surface area contributed by atoms with Crippen molar-refractivity contribution in [3.63, 3.8) is 0 Å². The van der Waals surface area contributed by atoms with E-state index in [1.807, 2.05) is 18.2 Å². The van der Waals surface area contributed by atoms with Crippen LogP contribution in [-0.4, -0.2) is 18.5 Å². The number of fused-ring (bicyclic) bond motifs is 1. The molecule has 0 atom stereocenters. The topological polar surface area (TPSA) is 61.4 Å². The minimum Gasteiger partial charge on any atom is -0.334 e. The molecule has 0 unspecified atom stereocenters. The first kappa shape index (κ1) is 17.0.